The minimum atomic E-state index is -0.616. The molecule has 2 aromatic rings. The van der Waals surface area contributed by atoms with Gasteiger partial charge in [0.1, 0.15) is 12.7 Å². The van der Waals surface area contributed by atoms with Crippen molar-refractivity contribution in [3.63, 3.8) is 0 Å². The van der Waals surface area contributed by atoms with Gasteiger partial charge in [-0.2, -0.15) is 0 Å². The van der Waals surface area contributed by atoms with Crippen molar-refractivity contribution >= 4 is 11.9 Å². The maximum absolute atomic E-state index is 12.0. The Morgan fingerprint density at radius 2 is 1.78 bits per heavy atom. The fraction of sp³-hybridized carbons (Fsp3) is 0.263. The summed E-state index contributed by atoms with van der Waals surface area (Å²) < 4.78 is 26.7. The summed E-state index contributed by atoms with van der Waals surface area (Å²) in [6.07, 6.45) is -0.312. The SMILES string of the molecule is O=C(COC(=O)c1ccc2c(c1)OCO2)NC[C@@H]1COc2ccccc2O1. The number of fused-ring (bicyclic) bond motifs is 2. The van der Waals surface area contributed by atoms with Gasteiger partial charge in [-0.3, -0.25) is 4.79 Å². The zero-order valence-electron chi connectivity index (χ0n) is 14.3. The van der Waals surface area contributed by atoms with Crippen molar-refractivity contribution in [3.8, 4) is 23.0 Å². The third-order valence-electron chi connectivity index (χ3n) is 4.04. The van der Waals surface area contributed by atoms with Crippen LogP contribution in [0.4, 0.5) is 0 Å². The van der Waals surface area contributed by atoms with Gasteiger partial charge in [0.15, 0.2) is 29.6 Å². The first-order valence-corrected chi connectivity index (χ1v) is 8.41. The van der Waals surface area contributed by atoms with E-state index in [9.17, 15) is 9.59 Å². The number of rotatable bonds is 5. The van der Waals surface area contributed by atoms with Gasteiger partial charge in [0, 0.05) is 0 Å². The minimum Gasteiger partial charge on any atom is -0.486 e. The molecule has 0 saturated carbocycles. The number of nitrogens with one attached hydrogen (secondary N) is 1. The smallest absolute Gasteiger partial charge is 0.338 e. The summed E-state index contributed by atoms with van der Waals surface area (Å²) in [5, 5.41) is 2.67. The lowest BCUT2D eigenvalue weighted by Gasteiger charge is -2.26. The number of esters is 1. The van der Waals surface area contributed by atoms with Crippen LogP contribution in [0.15, 0.2) is 42.5 Å². The number of hydrogen-bond donors (Lipinski definition) is 1. The molecule has 2 aromatic carbocycles. The van der Waals surface area contributed by atoms with Crippen LogP contribution in [0, 0.1) is 0 Å². The molecular formula is C19H17NO7. The van der Waals surface area contributed by atoms with Gasteiger partial charge in [-0.15, -0.1) is 0 Å². The van der Waals surface area contributed by atoms with E-state index in [-0.39, 0.29) is 25.0 Å². The molecule has 8 heteroatoms. The lowest BCUT2D eigenvalue weighted by Crippen LogP contribution is -2.42. The molecule has 0 aromatic heterocycles. The van der Waals surface area contributed by atoms with Gasteiger partial charge in [-0.25, -0.2) is 4.79 Å². The summed E-state index contributed by atoms with van der Waals surface area (Å²) in [6.45, 7) is 0.300. The van der Waals surface area contributed by atoms with E-state index in [2.05, 4.69) is 5.32 Å². The Morgan fingerprint density at radius 1 is 1.00 bits per heavy atom. The van der Waals surface area contributed by atoms with Gasteiger partial charge in [0.25, 0.3) is 5.91 Å². The highest BCUT2D eigenvalue weighted by Gasteiger charge is 2.22. The second kappa shape index (κ2) is 7.45. The third kappa shape index (κ3) is 3.89. The lowest BCUT2D eigenvalue weighted by atomic mass is 10.2. The van der Waals surface area contributed by atoms with E-state index in [0.717, 1.165) is 0 Å². The molecule has 1 N–H and O–H groups in total. The van der Waals surface area contributed by atoms with Crippen LogP contribution in [0.5, 0.6) is 23.0 Å². The predicted octanol–water partition coefficient (Wildman–Crippen LogP) is 1.53. The summed E-state index contributed by atoms with van der Waals surface area (Å²) >= 11 is 0. The summed E-state index contributed by atoms with van der Waals surface area (Å²) in [5.74, 6) is 1.32. The fourth-order valence-electron chi connectivity index (χ4n) is 2.68. The lowest BCUT2D eigenvalue weighted by molar-refractivity contribution is -0.124. The van der Waals surface area contributed by atoms with E-state index in [0.29, 0.717) is 29.6 Å². The standard InChI is InChI=1S/C19H17NO7/c21-18(20-8-13-9-23-14-3-1-2-4-16(14)27-13)10-24-19(22)12-5-6-15-17(7-12)26-11-25-15/h1-7,13H,8-11H2,(H,20,21)/t13-/m1/s1. The number of para-hydroxylation sites is 2. The van der Waals surface area contributed by atoms with Crippen LogP contribution in [0.3, 0.4) is 0 Å². The van der Waals surface area contributed by atoms with E-state index in [4.69, 9.17) is 23.7 Å². The Kier molecular flexibility index (Phi) is 4.69. The van der Waals surface area contributed by atoms with Crippen molar-refractivity contribution in [1.82, 2.24) is 5.32 Å². The van der Waals surface area contributed by atoms with E-state index < -0.39 is 18.5 Å². The van der Waals surface area contributed by atoms with Crippen molar-refractivity contribution in [3.05, 3.63) is 48.0 Å². The fourth-order valence-corrected chi connectivity index (χ4v) is 2.68. The molecule has 2 aliphatic heterocycles. The van der Waals surface area contributed by atoms with Crippen molar-refractivity contribution in [2.75, 3.05) is 26.6 Å². The Bertz CT molecular complexity index is 867. The van der Waals surface area contributed by atoms with Crippen molar-refractivity contribution in [1.29, 1.82) is 0 Å². The number of hydrogen-bond acceptors (Lipinski definition) is 7. The van der Waals surface area contributed by atoms with E-state index in [1.54, 1.807) is 18.2 Å². The second-order valence-electron chi connectivity index (χ2n) is 5.95. The Hall–Kier alpha value is -3.42. The first-order valence-electron chi connectivity index (χ1n) is 8.41. The van der Waals surface area contributed by atoms with Crippen LogP contribution in [0.25, 0.3) is 0 Å². The highest BCUT2D eigenvalue weighted by atomic mass is 16.7. The van der Waals surface area contributed by atoms with Gasteiger partial charge in [-0.1, -0.05) is 12.1 Å². The van der Waals surface area contributed by atoms with Gasteiger partial charge in [0.05, 0.1) is 12.1 Å². The normalized spacial score (nSPS) is 16.5. The monoisotopic (exact) mass is 371 g/mol. The van der Waals surface area contributed by atoms with Gasteiger partial charge < -0.3 is 29.0 Å². The van der Waals surface area contributed by atoms with Gasteiger partial charge in [0.2, 0.25) is 6.79 Å². The topological polar surface area (TPSA) is 92.3 Å². The van der Waals surface area contributed by atoms with Crippen LogP contribution >= 0.6 is 0 Å². The van der Waals surface area contributed by atoms with Crippen LogP contribution in [-0.4, -0.2) is 44.5 Å². The molecule has 1 amide bonds. The van der Waals surface area contributed by atoms with Crippen LogP contribution in [-0.2, 0) is 9.53 Å². The molecule has 0 fully saturated rings. The molecule has 2 aliphatic rings. The third-order valence-corrected chi connectivity index (χ3v) is 4.04. The zero-order valence-corrected chi connectivity index (χ0v) is 14.3. The molecule has 1 atom stereocenters. The van der Waals surface area contributed by atoms with Gasteiger partial charge >= 0.3 is 5.97 Å². The van der Waals surface area contributed by atoms with E-state index >= 15 is 0 Å². The maximum atomic E-state index is 12.0. The van der Waals surface area contributed by atoms with Crippen molar-refractivity contribution < 1.29 is 33.3 Å². The molecule has 27 heavy (non-hydrogen) atoms. The average Bonchev–Trinajstić information content (AvgIpc) is 3.18. The first-order chi connectivity index (χ1) is 13.2. The second-order valence-corrected chi connectivity index (χ2v) is 5.95. The quantitative estimate of drug-likeness (QED) is 0.797. The zero-order chi connectivity index (χ0) is 18.6. The maximum Gasteiger partial charge on any atom is 0.338 e. The highest BCUT2D eigenvalue weighted by molar-refractivity contribution is 5.92. The number of ether oxygens (including phenoxy) is 5. The molecule has 0 bridgehead atoms. The molecule has 0 aliphatic carbocycles. The Labute approximate surface area is 154 Å². The molecule has 4 rings (SSSR count). The summed E-state index contributed by atoms with van der Waals surface area (Å²) in [7, 11) is 0. The molecule has 0 saturated heterocycles. The molecular weight excluding hydrogens is 354 g/mol. The molecule has 0 radical (unpaired) electrons. The van der Waals surface area contributed by atoms with Crippen molar-refractivity contribution in [2.45, 2.75) is 6.10 Å². The average molecular weight is 371 g/mol. The van der Waals surface area contributed by atoms with Gasteiger partial charge in [-0.05, 0) is 30.3 Å². The van der Waals surface area contributed by atoms with Crippen molar-refractivity contribution in [2.24, 2.45) is 0 Å². The molecule has 0 unspecified atom stereocenters. The number of carbonyl (C=O) groups excluding carboxylic acids is 2. The summed E-state index contributed by atoms with van der Waals surface area (Å²) in [5.41, 5.74) is 0.285. The van der Waals surface area contributed by atoms with Crippen LogP contribution < -0.4 is 24.3 Å². The number of carbonyl (C=O) groups is 2. The Balaban J connectivity index is 1.23. The minimum absolute atomic E-state index is 0.119. The molecule has 140 valence electrons. The van der Waals surface area contributed by atoms with E-state index in [1.165, 1.54) is 6.07 Å². The predicted molar refractivity (Wildman–Crippen MR) is 92.2 cm³/mol. The highest BCUT2D eigenvalue weighted by Crippen LogP contribution is 2.32. The molecule has 8 nitrogen and oxygen atoms in total. The van der Waals surface area contributed by atoms with Crippen LogP contribution in [0.2, 0.25) is 0 Å². The van der Waals surface area contributed by atoms with E-state index in [1.807, 2.05) is 18.2 Å². The number of benzene rings is 2. The molecule has 2 heterocycles. The van der Waals surface area contributed by atoms with Crippen LogP contribution in [0.1, 0.15) is 10.4 Å². The number of amides is 1. The summed E-state index contributed by atoms with van der Waals surface area (Å²) in [6, 6.07) is 12.0. The largest absolute Gasteiger partial charge is 0.486 e. The summed E-state index contributed by atoms with van der Waals surface area (Å²) in [4.78, 5) is 24.0. The Morgan fingerprint density at radius 3 is 2.67 bits per heavy atom. The first kappa shape index (κ1) is 17.0. The molecule has 0 spiro atoms.